The Morgan fingerprint density at radius 3 is 2.56 bits per heavy atom. The van der Waals surface area contributed by atoms with Gasteiger partial charge in [-0.05, 0) is 50.3 Å². The van der Waals surface area contributed by atoms with Gasteiger partial charge < -0.3 is 9.30 Å². The van der Waals surface area contributed by atoms with Crippen LogP contribution in [0.15, 0.2) is 29.1 Å². The number of rotatable bonds is 4. The lowest BCUT2D eigenvalue weighted by Crippen LogP contribution is -2.32. The van der Waals surface area contributed by atoms with E-state index in [1.807, 2.05) is 0 Å². The first-order valence-electron chi connectivity index (χ1n) is 9.38. The van der Waals surface area contributed by atoms with Crippen LogP contribution in [-0.2, 0) is 24.1 Å². The number of pyridine rings is 1. The Labute approximate surface area is 156 Å². The molecule has 0 spiro atoms. The zero-order valence-corrected chi connectivity index (χ0v) is 15.4. The van der Waals surface area contributed by atoms with Gasteiger partial charge in [0.1, 0.15) is 17.2 Å². The van der Waals surface area contributed by atoms with Gasteiger partial charge in [0.15, 0.2) is 0 Å². The topological polar surface area (TPSA) is 48.3 Å². The van der Waals surface area contributed by atoms with Crippen molar-refractivity contribution < 1.29 is 18.3 Å². The van der Waals surface area contributed by atoms with Crippen LogP contribution in [0, 0.1) is 11.6 Å². The molecule has 4 nitrogen and oxygen atoms in total. The number of hydrogen-bond acceptors (Lipinski definition) is 3. The Balaban J connectivity index is 2.13. The van der Waals surface area contributed by atoms with Crippen molar-refractivity contribution in [1.29, 1.82) is 0 Å². The number of carbonyl (C=O) groups is 1. The summed E-state index contributed by atoms with van der Waals surface area (Å²) in [6, 6.07) is 4.95. The number of carbonyl (C=O) groups excluding carboxylic acids is 1. The molecule has 144 valence electrons. The maximum absolute atomic E-state index is 14.2. The molecule has 0 saturated carbocycles. The Morgan fingerprint density at radius 2 is 1.85 bits per heavy atom. The number of hydrogen-bond donors (Lipinski definition) is 0. The molecule has 1 aromatic heterocycles. The molecule has 2 aromatic rings. The number of benzene rings is 1. The van der Waals surface area contributed by atoms with Gasteiger partial charge in [0.2, 0.25) is 0 Å². The van der Waals surface area contributed by atoms with E-state index in [1.165, 1.54) is 16.7 Å². The normalized spacial score (nSPS) is 14.2. The first-order chi connectivity index (χ1) is 13.0. The van der Waals surface area contributed by atoms with E-state index in [0.29, 0.717) is 6.42 Å². The first-order valence-corrected chi connectivity index (χ1v) is 9.38. The molecule has 1 aromatic carbocycles. The summed E-state index contributed by atoms with van der Waals surface area (Å²) < 4.78 is 33.9. The molecule has 27 heavy (non-hydrogen) atoms. The lowest BCUT2D eigenvalue weighted by molar-refractivity contribution is 0.0523. The van der Waals surface area contributed by atoms with Crippen LogP contribution >= 0.6 is 0 Å². The van der Waals surface area contributed by atoms with Crippen molar-refractivity contribution >= 4 is 5.97 Å². The smallest absolute Gasteiger partial charge is 0.343 e. The van der Waals surface area contributed by atoms with Gasteiger partial charge in [-0.2, -0.15) is 0 Å². The third kappa shape index (κ3) is 4.26. The van der Waals surface area contributed by atoms with Crippen LogP contribution in [-0.4, -0.2) is 17.1 Å². The quantitative estimate of drug-likeness (QED) is 0.759. The molecule has 0 atom stereocenters. The van der Waals surface area contributed by atoms with Crippen LogP contribution in [0.4, 0.5) is 8.78 Å². The highest BCUT2D eigenvalue weighted by atomic mass is 19.1. The van der Waals surface area contributed by atoms with Gasteiger partial charge in [0.25, 0.3) is 5.56 Å². The molecule has 0 bridgehead atoms. The molecule has 6 heteroatoms. The lowest BCUT2D eigenvalue weighted by Gasteiger charge is -2.21. The minimum absolute atomic E-state index is 0.0290. The highest BCUT2D eigenvalue weighted by Crippen LogP contribution is 2.22. The van der Waals surface area contributed by atoms with E-state index in [-0.39, 0.29) is 24.3 Å². The van der Waals surface area contributed by atoms with Crippen LogP contribution in [0.3, 0.4) is 0 Å². The fraction of sp³-hybridized carbons (Fsp3) is 0.429. The largest absolute Gasteiger partial charge is 0.462 e. The highest BCUT2D eigenvalue weighted by molar-refractivity contribution is 5.89. The van der Waals surface area contributed by atoms with Crippen molar-refractivity contribution in [3.05, 3.63) is 68.6 Å². The average molecular weight is 375 g/mol. The Kier molecular flexibility index (Phi) is 6.04. The standard InChI is InChI=1S/C21H23F2NO3/c1-2-27-21(26)17-11-14-7-5-3-4-6-8-19(14)24(20(17)25)13-15-9-10-16(22)12-18(15)23/h9-12H,2-8,13H2,1H3. The van der Waals surface area contributed by atoms with Crippen LogP contribution in [0.25, 0.3) is 0 Å². The number of fused-ring (bicyclic) bond motifs is 1. The van der Waals surface area contributed by atoms with Crippen molar-refractivity contribution in [2.45, 2.75) is 52.0 Å². The summed E-state index contributed by atoms with van der Waals surface area (Å²) in [6.45, 7) is 1.81. The summed E-state index contributed by atoms with van der Waals surface area (Å²) >= 11 is 0. The first kappa shape index (κ1) is 19.3. The number of nitrogens with zero attached hydrogens (tertiary/aromatic N) is 1. The van der Waals surface area contributed by atoms with Gasteiger partial charge in [-0.15, -0.1) is 0 Å². The minimum Gasteiger partial charge on any atom is -0.462 e. The number of aromatic nitrogens is 1. The fourth-order valence-electron chi connectivity index (χ4n) is 3.58. The van der Waals surface area contributed by atoms with Crippen molar-refractivity contribution in [3.8, 4) is 0 Å². The van der Waals surface area contributed by atoms with Crippen molar-refractivity contribution in [2.24, 2.45) is 0 Å². The summed E-state index contributed by atoms with van der Waals surface area (Å²) in [4.78, 5) is 25.3. The summed E-state index contributed by atoms with van der Waals surface area (Å²) in [5.41, 5.74) is 1.45. The second-order valence-corrected chi connectivity index (χ2v) is 6.79. The molecule has 0 unspecified atom stereocenters. The molecule has 0 radical (unpaired) electrons. The molecular formula is C21H23F2NO3. The van der Waals surface area contributed by atoms with E-state index in [4.69, 9.17) is 4.74 Å². The summed E-state index contributed by atoms with van der Waals surface area (Å²) in [5, 5.41) is 0. The predicted molar refractivity (Wildman–Crippen MR) is 98.0 cm³/mol. The molecule has 0 amide bonds. The molecular weight excluding hydrogens is 352 g/mol. The van der Waals surface area contributed by atoms with Gasteiger partial charge in [-0.1, -0.05) is 18.9 Å². The minimum atomic E-state index is -0.706. The van der Waals surface area contributed by atoms with Crippen LogP contribution in [0.2, 0.25) is 0 Å². The van der Waals surface area contributed by atoms with E-state index in [9.17, 15) is 18.4 Å². The third-order valence-corrected chi connectivity index (χ3v) is 4.94. The Morgan fingerprint density at radius 1 is 1.11 bits per heavy atom. The van der Waals surface area contributed by atoms with Crippen LogP contribution < -0.4 is 5.56 Å². The van der Waals surface area contributed by atoms with E-state index in [1.54, 1.807) is 13.0 Å². The van der Waals surface area contributed by atoms with E-state index in [0.717, 1.165) is 49.4 Å². The molecule has 1 heterocycles. The van der Waals surface area contributed by atoms with E-state index in [2.05, 4.69) is 0 Å². The molecule has 1 aliphatic rings. The zero-order valence-electron chi connectivity index (χ0n) is 15.4. The van der Waals surface area contributed by atoms with Crippen LogP contribution in [0.1, 0.15) is 59.8 Å². The zero-order chi connectivity index (χ0) is 19.4. The maximum atomic E-state index is 14.2. The molecule has 0 aliphatic heterocycles. The van der Waals surface area contributed by atoms with E-state index >= 15 is 0 Å². The number of aryl methyl sites for hydroxylation is 1. The summed E-state index contributed by atoms with van der Waals surface area (Å²) in [6.07, 6.45) is 5.51. The Hall–Kier alpha value is -2.50. The third-order valence-electron chi connectivity index (χ3n) is 4.94. The molecule has 0 saturated heterocycles. The van der Waals surface area contributed by atoms with E-state index < -0.39 is 23.2 Å². The van der Waals surface area contributed by atoms with Gasteiger partial charge in [0, 0.05) is 17.3 Å². The monoisotopic (exact) mass is 375 g/mol. The summed E-state index contributed by atoms with van der Waals surface area (Å²) in [7, 11) is 0. The number of halogens is 2. The number of ether oxygens (including phenoxy) is 1. The average Bonchev–Trinajstić information content (AvgIpc) is 2.60. The summed E-state index contributed by atoms with van der Waals surface area (Å²) in [5.74, 6) is -2.04. The van der Waals surface area contributed by atoms with Gasteiger partial charge in [-0.25, -0.2) is 13.6 Å². The SMILES string of the molecule is CCOC(=O)c1cc2c(n(Cc3ccc(F)cc3F)c1=O)CCCCCC2. The second kappa shape index (κ2) is 8.46. The molecule has 1 aliphatic carbocycles. The van der Waals surface area contributed by atoms with Gasteiger partial charge in [-0.3, -0.25) is 4.79 Å². The van der Waals surface area contributed by atoms with Crippen molar-refractivity contribution in [2.75, 3.05) is 6.61 Å². The fourth-order valence-corrected chi connectivity index (χ4v) is 3.58. The van der Waals surface area contributed by atoms with Gasteiger partial charge in [0.05, 0.1) is 13.2 Å². The molecule has 3 rings (SSSR count). The van der Waals surface area contributed by atoms with Crippen molar-refractivity contribution in [3.63, 3.8) is 0 Å². The second-order valence-electron chi connectivity index (χ2n) is 6.79. The highest BCUT2D eigenvalue weighted by Gasteiger charge is 2.21. The maximum Gasteiger partial charge on any atom is 0.343 e. The molecule has 0 N–H and O–H groups in total. The van der Waals surface area contributed by atoms with Gasteiger partial charge >= 0.3 is 5.97 Å². The lowest BCUT2D eigenvalue weighted by atomic mass is 9.95. The molecule has 0 fully saturated rings. The Bertz CT molecular complexity index is 905. The predicted octanol–water partition coefficient (Wildman–Crippen LogP) is 4.01. The number of esters is 1. The van der Waals surface area contributed by atoms with Crippen molar-refractivity contribution in [1.82, 2.24) is 4.57 Å². The van der Waals surface area contributed by atoms with Crippen LogP contribution in [0.5, 0.6) is 0 Å².